The Morgan fingerprint density at radius 3 is 2.35 bits per heavy atom. The standard InChI is InChI=1S/C39H24N2OS/c40-21-24-12-17-36-34(18-24)31-6-1-3-9-35(31)41(36)28-15-13-26-22-43-23-27-19-25(14-16-29(27)33(26)20-28)30-8-5-11-38-39(30)32-7-2-4-10-37(32)42-38/h1-20H,22-23H2. The molecule has 2 aromatic heterocycles. The number of hydrogen-bond donors (Lipinski definition) is 0. The molecular weight excluding hydrogens is 545 g/mol. The van der Waals surface area contributed by atoms with Crippen molar-refractivity contribution in [2.45, 2.75) is 11.5 Å². The van der Waals surface area contributed by atoms with E-state index in [1.807, 2.05) is 36.0 Å². The van der Waals surface area contributed by atoms with E-state index in [4.69, 9.17) is 4.42 Å². The maximum Gasteiger partial charge on any atom is 0.136 e. The quantitative estimate of drug-likeness (QED) is 0.208. The fourth-order valence-corrected chi connectivity index (χ4v) is 7.86. The van der Waals surface area contributed by atoms with Gasteiger partial charge in [0.25, 0.3) is 0 Å². The van der Waals surface area contributed by atoms with Crippen LogP contribution in [0.1, 0.15) is 16.7 Å². The molecule has 0 radical (unpaired) electrons. The zero-order chi connectivity index (χ0) is 28.5. The second-order valence-corrected chi connectivity index (χ2v) is 12.2. The van der Waals surface area contributed by atoms with Crippen molar-refractivity contribution in [3.63, 3.8) is 0 Å². The van der Waals surface area contributed by atoms with Crippen molar-refractivity contribution in [3.8, 4) is 34.0 Å². The molecule has 0 fully saturated rings. The van der Waals surface area contributed by atoms with Crippen LogP contribution in [0.4, 0.5) is 0 Å². The largest absolute Gasteiger partial charge is 0.456 e. The van der Waals surface area contributed by atoms with Gasteiger partial charge < -0.3 is 8.98 Å². The first-order valence-corrected chi connectivity index (χ1v) is 15.6. The van der Waals surface area contributed by atoms with Gasteiger partial charge in [0.15, 0.2) is 0 Å². The molecule has 6 aromatic carbocycles. The third kappa shape index (κ3) is 3.69. The van der Waals surface area contributed by atoms with E-state index in [-0.39, 0.29) is 0 Å². The molecule has 0 aliphatic carbocycles. The molecule has 0 saturated carbocycles. The van der Waals surface area contributed by atoms with Gasteiger partial charge in [-0.1, -0.05) is 66.7 Å². The highest BCUT2D eigenvalue weighted by atomic mass is 32.2. The number of benzene rings is 6. The van der Waals surface area contributed by atoms with Crippen LogP contribution in [0.5, 0.6) is 0 Å². The van der Waals surface area contributed by atoms with Crippen LogP contribution in [0, 0.1) is 11.3 Å². The van der Waals surface area contributed by atoms with Crippen LogP contribution in [0.25, 0.3) is 71.7 Å². The topological polar surface area (TPSA) is 41.9 Å². The molecule has 0 bridgehead atoms. The molecule has 0 N–H and O–H groups in total. The number of nitriles is 1. The Bertz CT molecular complexity index is 2460. The van der Waals surface area contributed by atoms with Crippen molar-refractivity contribution in [2.24, 2.45) is 0 Å². The number of para-hydroxylation sites is 2. The first-order valence-electron chi connectivity index (χ1n) is 14.4. The molecule has 43 heavy (non-hydrogen) atoms. The molecular formula is C39H24N2OS. The fourth-order valence-electron chi connectivity index (χ4n) is 6.83. The number of thioether (sulfide) groups is 1. The molecule has 1 aliphatic heterocycles. The van der Waals surface area contributed by atoms with Crippen molar-refractivity contribution in [1.82, 2.24) is 4.57 Å². The Kier molecular flexibility index (Phi) is 5.32. The van der Waals surface area contributed by atoms with Gasteiger partial charge in [0.2, 0.25) is 0 Å². The van der Waals surface area contributed by atoms with Crippen LogP contribution in [0.15, 0.2) is 126 Å². The summed E-state index contributed by atoms with van der Waals surface area (Å²) < 4.78 is 8.53. The Morgan fingerprint density at radius 1 is 0.605 bits per heavy atom. The predicted octanol–water partition coefficient (Wildman–Crippen LogP) is 10.6. The fraction of sp³-hybridized carbons (Fsp3) is 0.0513. The maximum absolute atomic E-state index is 9.56. The number of hydrogen-bond acceptors (Lipinski definition) is 3. The van der Waals surface area contributed by atoms with Gasteiger partial charge in [-0.3, -0.25) is 0 Å². The van der Waals surface area contributed by atoms with E-state index in [1.54, 1.807) is 0 Å². The molecule has 4 heteroatoms. The lowest BCUT2D eigenvalue weighted by atomic mass is 9.92. The average Bonchev–Trinajstić information content (AvgIpc) is 3.54. The zero-order valence-electron chi connectivity index (χ0n) is 23.2. The van der Waals surface area contributed by atoms with Gasteiger partial charge in [0.05, 0.1) is 22.7 Å². The minimum absolute atomic E-state index is 0.679. The zero-order valence-corrected chi connectivity index (χ0v) is 24.0. The highest BCUT2D eigenvalue weighted by molar-refractivity contribution is 7.97. The Balaban J connectivity index is 1.23. The van der Waals surface area contributed by atoms with Crippen molar-refractivity contribution in [3.05, 3.63) is 138 Å². The lowest BCUT2D eigenvalue weighted by molar-refractivity contribution is 0.669. The van der Waals surface area contributed by atoms with Gasteiger partial charge in [-0.2, -0.15) is 17.0 Å². The van der Waals surface area contributed by atoms with Gasteiger partial charge in [-0.25, -0.2) is 0 Å². The van der Waals surface area contributed by atoms with Gasteiger partial charge >= 0.3 is 0 Å². The van der Waals surface area contributed by atoms with E-state index >= 15 is 0 Å². The summed E-state index contributed by atoms with van der Waals surface area (Å²) in [5.41, 5.74) is 13.6. The first kappa shape index (κ1) is 24.4. The smallest absolute Gasteiger partial charge is 0.136 e. The van der Waals surface area contributed by atoms with Crippen LogP contribution in [0.2, 0.25) is 0 Å². The summed E-state index contributed by atoms with van der Waals surface area (Å²) in [4.78, 5) is 0. The summed E-state index contributed by atoms with van der Waals surface area (Å²) in [6.45, 7) is 0. The highest BCUT2D eigenvalue weighted by Crippen LogP contribution is 2.42. The van der Waals surface area contributed by atoms with Gasteiger partial charge in [0, 0.05) is 38.7 Å². The summed E-state index contributed by atoms with van der Waals surface area (Å²) in [6.07, 6.45) is 0. The van der Waals surface area contributed by atoms with Crippen LogP contribution < -0.4 is 0 Å². The Morgan fingerprint density at radius 2 is 1.42 bits per heavy atom. The van der Waals surface area contributed by atoms with E-state index in [0.29, 0.717) is 5.56 Å². The maximum atomic E-state index is 9.56. The van der Waals surface area contributed by atoms with Crippen LogP contribution in [0.3, 0.4) is 0 Å². The minimum atomic E-state index is 0.679. The normalized spacial score (nSPS) is 12.8. The van der Waals surface area contributed by atoms with E-state index in [0.717, 1.165) is 55.6 Å². The SMILES string of the molecule is N#Cc1ccc2c(c1)c1ccccc1n2-c1ccc2c(c1)-c1ccc(-c3cccc4oc5ccccc5c34)cc1CSC2. The predicted molar refractivity (Wildman–Crippen MR) is 179 cm³/mol. The summed E-state index contributed by atoms with van der Waals surface area (Å²) in [5.74, 6) is 1.93. The molecule has 1 aliphatic rings. The van der Waals surface area contributed by atoms with Crippen LogP contribution in [-0.2, 0) is 11.5 Å². The van der Waals surface area contributed by atoms with Gasteiger partial charge in [0.1, 0.15) is 11.2 Å². The van der Waals surface area contributed by atoms with Crippen molar-refractivity contribution in [1.29, 1.82) is 5.26 Å². The van der Waals surface area contributed by atoms with Crippen molar-refractivity contribution in [2.75, 3.05) is 0 Å². The van der Waals surface area contributed by atoms with Crippen molar-refractivity contribution >= 4 is 55.5 Å². The minimum Gasteiger partial charge on any atom is -0.456 e. The summed E-state index contributed by atoms with van der Waals surface area (Å²) in [6, 6.07) is 45.3. The lowest BCUT2D eigenvalue weighted by Gasteiger charge is -2.15. The summed E-state index contributed by atoms with van der Waals surface area (Å²) in [5, 5.41) is 14.2. The molecule has 0 unspecified atom stereocenters. The molecule has 0 saturated heterocycles. The van der Waals surface area contributed by atoms with Gasteiger partial charge in [-0.15, -0.1) is 0 Å². The molecule has 0 amide bonds. The molecule has 8 aromatic rings. The molecule has 202 valence electrons. The Hall–Kier alpha value is -5.24. The lowest BCUT2D eigenvalue weighted by Crippen LogP contribution is -1.97. The molecule has 3 nitrogen and oxygen atoms in total. The molecule has 0 spiro atoms. The van der Waals surface area contributed by atoms with E-state index < -0.39 is 0 Å². The number of nitrogens with zero attached hydrogens (tertiary/aromatic N) is 2. The number of furan rings is 1. The first-order chi connectivity index (χ1) is 21.3. The third-order valence-electron chi connectivity index (χ3n) is 8.78. The number of aromatic nitrogens is 1. The number of rotatable bonds is 2. The van der Waals surface area contributed by atoms with E-state index in [2.05, 4.69) is 108 Å². The monoisotopic (exact) mass is 568 g/mol. The third-order valence-corrected chi connectivity index (χ3v) is 9.81. The van der Waals surface area contributed by atoms with E-state index in [1.165, 1.54) is 38.8 Å². The summed E-state index contributed by atoms with van der Waals surface area (Å²) >= 11 is 1.97. The van der Waals surface area contributed by atoms with Crippen LogP contribution >= 0.6 is 11.8 Å². The molecule has 3 heterocycles. The van der Waals surface area contributed by atoms with Gasteiger partial charge in [-0.05, 0) is 88.0 Å². The van der Waals surface area contributed by atoms with Crippen LogP contribution in [-0.4, -0.2) is 4.57 Å². The Labute approximate surface area is 252 Å². The summed E-state index contributed by atoms with van der Waals surface area (Å²) in [7, 11) is 0. The van der Waals surface area contributed by atoms with Crippen molar-refractivity contribution < 1.29 is 4.42 Å². The second-order valence-electron chi connectivity index (χ2n) is 11.2. The number of fused-ring (bicyclic) bond motifs is 9. The van der Waals surface area contributed by atoms with E-state index in [9.17, 15) is 5.26 Å². The highest BCUT2D eigenvalue weighted by Gasteiger charge is 2.20. The molecule has 9 rings (SSSR count). The molecule has 0 atom stereocenters. The average molecular weight is 569 g/mol. The second kappa shape index (κ2) is 9.39.